The zero-order valence-corrected chi connectivity index (χ0v) is 12.2. The molecule has 0 fully saturated rings. The highest BCUT2D eigenvalue weighted by atomic mass is 32.1. The molecule has 2 aromatic heterocycles. The van der Waals surface area contributed by atoms with Crippen LogP contribution in [0, 0.1) is 5.82 Å². The minimum absolute atomic E-state index is 0.0737. The third-order valence-corrected chi connectivity index (χ3v) is 4.33. The van der Waals surface area contributed by atoms with E-state index in [1.54, 1.807) is 19.2 Å². The van der Waals surface area contributed by atoms with E-state index in [-0.39, 0.29) is 11.4 Å². The van der Waals surface area contributed by atoms with Crippen molar-refractivity contribution in [3.05, 3.63) is 52.8 Å². The van der Waals surface area contributed by atoms with Crippen LogP contribution in [0.5, 0.6) is 0 Å². The summed E-state index contributed by atoms with van der Waals surface area (Å²) in [6.45, 7) is 0.936. The largest absolute Gasteiger partial charge is 0.383 e. The SMILES string of the molecule is COCCn1cnc2cc(-c3ccc(F)cc3)sc2c1=O. The summed E-state index contributed by atoms with van der Waals surface area (Å²) >= 11 is 1.37. The number of ether oxygens (including phenoxy) is 1. The summed E-state index contributed by atoms with van der Waals surface area (Å²) in [6, 6.07) is 8.07. The van der Waals surface area contributed by atoms with Gasteiger partial charge in [0.05, 0.1) is 25.0 Å². The summed E-state index contributed by atoms with van der Waals surface area (Å²) < 4.78 is 20.1. The van der Waals surface area contributed by atoms with Crippen molar-refractivity contribution < 1.29 is 9.13 Å². The van der Waals surface area contributed by atoms with Gasteiger partial charge >= 0.3 is 0 Å². The van der Waals surface area contributed by atoms with E-state index < -0.39 is 0 Å². The van der Waals surface area contributed by atoms with Gasteiger partial charge in [0.2, 0.25) is 0 Å². The smallest absolute Gasteiger partial charge is 0.271 e. The zero-order valence-electron chi connectivity index (χ0n) is 11.4. The van der Waals surface area contributed by atoms with Gasteiger partial charge in [-0.25, -0.2) is 9.37 Å². The number of methoxy groups -OCH3 is 1. The third kappa shape index (κ3) is 2.72. The lowest BCUT2D eigenvalue weighted by atomic mass is 10.2. The first-order valence-corrected chi connectivity index (χ1v) is 7.24. The van der Waals surface area contributed by atoms with Gasteiger partial charge < -0.3 is 4.74 Å². The maximum absolute atomic E-state index is 13.0. The fraction of sp³-hybridized carbons (Fsp3) is 0.200. The number of hydrogen-bond donors (Lipinski definition) is 0. The van der Waals surface area contributed by atoms with Gasteiger partial charge in [-0.1, -0.05) is 12.1 Å². The Balaban J connectivity index is 2.05. The van der Waals surface area contributed by atoms with Crippen molar-refractivity contribution in [3.63, 3.8) is 0 Å². The molecule has 0 amide bonds. The Kier molecular flexibility index (Phi) is 3.81. The average Bonchev–Trinajstić information content (AvgIpc) is 2.92. The van der Waals surface area contributed by atoms with Gasteiger partial charge in [0.15, 0.2) is 0 Å². The van der Waals surface area contributed by atoms with Crippen molar-refractivity contribution in [2.24, 2.45) is 0 Å². The molecular formula is C15H13FN2O2S. The fourth-order valence-corrected chi connectivity index (χ4v) is 3.12. The lowest BCUT2D eigenvalue weighted by molar-refractivity contribution is 0.186. The molecule has 0 spiro atoms. The minimum Gasteiger partial charge on any atom is -0.383 e. The number of aromatic nitrogens is 2. The molecule has 0 aliphatic carbocycles. The molecule has 21 heavy (non-hydrogen) atoms. The molecule has 1 aromatic carbocycles. The molecule has 3 rings (SSSR count). The first-order valence-electron chi connectivity index (χ1n) is 6.43. The second-order valence-electron chi connectivity index (χ2n) is 4.57. The number of benzene rings is 1. The number of rotatable bonds is 4. The Labute approximate surface area is 124 Å². The topological polar surface area (TPSA) is 44.1 Å². The highest BCUT2D eigenvalue weighted by Gasteiger charge is 2.10. The minimum atomic E-state index is -0.278. The van der Waals surface area contributed by atoms with Gasteiger partial charge in [-0.2, -0.15) is 0 Å². The molecule has 108 valence electrons. The standard InChI is InChI=1S/C15H13FN2O2S/c1-20-7-6-18-9-17-12-8-13(21-14(12)15(18)19)10-2-4-11(16)5-3-10/h2-5,8-9H,6-7H2,1H3. The Bertz CT molecular complexity index is 824. The first-order chi connectivity index (χ1) is 10.2. The van der Waals surface area contributed by atoms with Crippen LogP contribution >= 0.6 is 11.3 Å². The van der Waals surface area contributed by atoms with Crippen LogP contribution in [0.15, 0.2) is 41.5 Å². The molecule has 2 heterocycles. The monoisotopic (exact) mass is 304 g/mol. The van der Waals surface area contributed by atoms with Gasteiger partial charge in [-0.05, 0) is 23.8 Å². The summed E-state index contributed by atoms with van der Waals surface area (Å²) in [4.78, 5) is 17.6. The number of hydrogen-bond acceptors (Lipinski definition) is 4. The van der Waals surface area contributed by atoms with E-state index in [4.69, 9.17) is 4.74 Å². The van der Waals surface area contributed by atoms with E-state index in [2.05, 4.69) is 4.98 Å². The van der Waals surface area contributed by atoms with Crippen LogP contribution in [0.3, 0.4) is 0 Å². The van der Waals surface area contributed by atoms with E-state index in [1.807, 2.05) is 6.07 Å². The third-order valence-electron chi connectivity index (χ3n) is 3.17. The molecule has 0 atom stereocenters. The Morgan fingerprint density at radius 1 is 1.33 bits per heavy atom. The number of nitrogens with zero attached hydrogens (tertiary/aromatic N) is 2. The first kappa shape index (κ1) is 13.9. The lowest BCUT2D eigenvalue weighted by Crippen LogP contribution is -2.21. The van der Waals surface area contributed by atoms with Crippen molar-refractivity contribution in [2.45, 2.75) is 6.54 Å². The summed E-state index contributed by atoms with van der Waals surface area (Å²) in [7, 11) is 1.59. The Hall–Kier alpha value is -2.05. The average molecular weight is 304 g/mol. The van der Waals surface area contributed by atoms with Gasteiger partial charge in [0.25, 0.3) is 5.56 Å². The molecule has 0 saturated carbocycles. The summed E-state index contributed by atoms with van der Waals surface area (Å²) in [5.74, 6) is -0.278. The van der Waals surface area contributed by atoms with E-state index in [0.717, 1.165) is 10.4 Å². The second kappa shape index (κ2) is 5.75. The number of thiophene rings is 1. The predicted octanol–water partition coefficient (Wildman–Crippen LogP) is 2.91. The molecule has 6 heteroatoms. The predicted molar refractivity (Wildman–Crippen MR) is 81.2 cm³/mol. The molecule has 3 aromatic rings. The number of fused-ring (bicyclic) bond motifs is 1. The van der Waals surface area contributed by atoms with E-state index in [1.165, 1.54) is 34.4 Å². The van der Waals surface area contributed by atoms with Crippen molar-refractivity contribution in [1.82, 2.24) is 9.55 Å². The van der Waals surface area contributed by atoms with Gasteiger partial charge in [-0.3, -0.25) is 9.36 Å². The van der Waals surface area contributed by atoms with Crippen LogP contribution in [0.2, 0.25) is 0 Å². The van der Waals surface area contributed by atoms with Crippen LogP contribution in [0.4, 0.5) is 4.39 Å². The molecule has 0 N–H and O–H groups in total. The molecule has 0 aliphatic heterocycles. The highest BCUT2D eigenvalue weighted by molar-refractivity contribution is 7.22. The molecule has 0 radical (unpaired) electrons. The molecular weight excluding hydrogens is 291 g/mol. The second-order valence-corrected chi connectivity index (χ2v) is 5.62. The normalized spacial score (nSPS) is 11.1. The van der Waals surface area contributed by atoms with Crippen molar-refractivity contribution in [2.75, 3.05) is 13.7 Å². The highest BCUT2D eigenvalue weighted by Crippen LogP contribution is 2.30. The number of halogens is 1. The summed E-state index contributed by atoms with van der Waals surface area (Å²) in [5, 5.41) is 0. The van der Waals surface area contributed by atoms with E-state index in [9.17, 15) is 9.18 Å². The van der Waals surface area contributed by atoms with Crippen molar-refractivity contribution in [3.8, 4) is 10.4 Å². The van der Waals surface area contributed by atoms with Crippen LogP contribution in [-0.2, 0) is 11.3 Å². The van der Waals surface area contributed by atoms with Crippen LogP contribution in [0.25, 0.3) is 20.7 Å². The molecule has 4 nitrogen and oxygen atoms in total. The summed E-state index contributed by atoms with van der Waals surface area (Å²) in [5.41, 5.74) is 1.47. The lowest BCUT2D eigenvalue weighted by Gasteiger charge is -2.02. The quantitative estimate of drug-likeness (QED) is 0.744. The Morgan fingerprint density at radius 2 is 2.10 bits per heavy atom. The maximum atomic E-state index is 13.0. The molecule has 0 saturated heterocycles. The van der Waals surface area contributed by atoms with Crippen LogP contribution < -0.4 is 5.56 Å². The fourth-order valence-electron chi connectivity index (χ4n) is 2.05. The summed E-state index contributed by atoms with van der Waals surface area (Å²) in [6.07, 6.45) is 1.53. The van der Waals surface area contributed by atoms with E-state index in [0.29, 0.717) is 23.4 Å². The van der Waals surface area contributed by atoms with Crippen LogP contribution in [0.1, 0.15) is 0 Å². The molecule has 0 bridgehead atoms. The molecule has 0 unspecified atom stereocenters. The van der Waals surface area contributed by atoms with Gasteiger partial charge in [0, 0.05) is 12.0 Å². The van der Waals surface area contributed by atoms with Crippen molar-refractivity contribution >= 4 is 21.6 Å². The zero-order chi connectivity index (χ0) is 14.8. The van der Waals surface area contributed by atoms with Gasteiger partial charge in [0.1, 0.15) is 10.5 Å². The van der Waals surface area contributed by atoms with Crippen molar-refractivity contribution in [1.29, 1.82) is 0 Å². The van der Waals surface area contributed by atoms with Gasteiger partial charge in [-0.15, -0.1) is 11.3 Å². The Morgan fingerprint density at radius 3 is 2.81 bits per heavy atom. The molecule has 0 aliphatic rings. The van der Waals surface area contributed by atoms with Crippen LogP contribution in [-0.4, -0.2) is 23.3 Å². The maximum Gasteiger partial charge on any atom is 0.271 e. The van der Waals surface area contributed by atoms with E-state index >= 15 is 0 Å².